The minimum Gasteiger partial charge on any atom is -0.505 e. The molecule has 4 aromatic carbocycles. The summed E-state index contributed by atoms with van der Waals surface area (Å²) in [5, 5.41) is 22.8. The number of phenolic OH excluding ortho intramolecular Hbond substituents is 1. The molecule has 4 rings (SSSR count). The molecule has 292 valence electrons. The zero-order valence-electron chi connectivity index (χ0n) is 25.5. The van der Waals surface area contributed by atoms with Crippen LogP contribution in [0, 0.1) is 0 Å². The third-order valence-corrected chi connectivity index (χ3v) is 12.0. The summed E-state index contributed by atoms with van der Waals surface area (Å²) in [5.74, 6) is -1.49. The first kappa shape index (κ1) is 41.8. The van der Waals surface area contributed by atoms with Gasteiger partial charge in [0, 0.05) is 0 Å². The van der Waals surface area contributed by atoms with Crippen LogP contribution in [0.25, 0.3) is 10.8 Å². The molecule has 54 heavy (non-hydrogen) atoms. The van der Waals surface area contributed by atoms with E-state index < -0.39 is 146 Å². The Labute approximate surface area is 302 Å². The zero-order chi connectivity index (χ0) is 41.3. The Balaban J connectivity index is 2.15. The van der Waals surface area contributed by atoms with E-state index in [1.807, 2.05) is 0 Å². The molecule has 13 N–H and O–H groups in total. The van der Waals surface area contributed by atoms with E-state index in [0.29, 0.717) is 18.2 Å². The minimum absolute atomic E-state index is 0.235. The molecule has 0 radical (unpaired) electrons. The molecular weight excluding hydrogens is 859 g/mol. The molecule has 0 amide bonds. The van der Waals surface area contributed by atoms with E-state index in [9.17, 15) is 82.9 Å². The van der Waals surface area contributed by atoms with Crippen LogP contribution in [0.2, 0.25) is 0 Å². The summed E-state index contributed by atoms with van der Waals surface area (Å²) in [6, 6.07) is 1.79. The van der Waals surface area contributed by atoms with Gasteiger partial charge in [0.1, 0.15) is 52.1 Å². The first-order chi connectivity index (χ1) is 24.2. The van der Waals surface area contributed by atoms with Gasteiger partial charge >= 0.3 is 0 Å². The molecule has 0 aliphatic heterocycles. The van der Waals surface area contributed by atoms with Crippen molar-refractivity contribution in [3.05, 3.63) is 36.4 Å². The van der Waals surface area contributed by atoms with Gasteiger partial charge in [-0.25, -0.2) is 0 Å². The van der Waals surface area contributed by atoms with Gasteiger partial charge in [0.25, 0.3) is 60.7 Å². The van der Waals surface area contributed by atoms with Gasteiger partial charge in [0.15, 0.2) is 5.75 Å². The highest BCUT2D eigenvalue weighted by atomic mass is 32.2. The van der Waals surface area contributed by atoms with Gasteiger partial charge in [-0.3, -0.25) is 27.3 Å². The number of hydrogen-bond donors (Lipinski definition) is 10. The van der Waals surface area contributed by atoms with Crippen LogP contribution in [0.5, 0.6) is 5.75 Å². The largest absolute Gasteiger partial charge is 0.505 e. The average Bonchev–Trinajstić information content (AvgIpc) is 2.97. The van der Waals surface area contributed by atoms with Gasteiger partial charge in [-0.1, -0.05) is 0 Å². The van der Waals surface area contributed by atoms with Gasteiger partial charge in [-0.15, -0.1) is 20.5 Å². The maximum atomic E-state index is 12.4. The number of phenols is 1. The number of rotatable bonds is 10. The van der Waals surface area contributed by atoms with Crippen molar-refractivity contribution in [2.24, 2.45) is 20.5 Å². The molecule has 32 heteroatoms. The maximum Gasteiger partial charge on any atom is 0.296 e. The van der Waals surface area contributed by atoms with Crippen molar-refractivity contribution in [2.75, 3.05) is 17.2 Å². The van der Waals surface area contributed by atoms with Crippen LogP contribution in [0.15, 0.2) is 86.2 Å². The van der Waals surface area contributed by atoms with Gasteiger partial charge in [-0.05, 0) is 41.8 Å². The molecule has 0 atom stereocenters. The fourth-order valence-corrected chi connectivity index (χ4v) is 8.30. The second kappa shape index (κ2) is 13.4. The number of benzene rings is 4. The number of hydrogen-bond acceptors (Lipinski definition) is 20. The molecule has 0 saturated carbocycles. The third-order valence-electron chi connectivity index (χ3n) is 6.68. The molecule has 0 aliphatic carbocycles. The Bertz CT molecular complexity index is 2870. The number of nitrogens with zero attached hydrogens (tertiary/aromatic N) is 4. The highest BCUT2D eigenvalue weighted by Gasteiger charge is 2.30. The lowest BCUT2D eigenvalue weighted by Gasteiger charge is -2.14. The first-order valence-corrected chi connectivity index (χ1v) is 21.6. The summed E-state index contributed by atoms with van der Waals surface area (Å²) >= 11 is 0. The lowest BCUT2D eigenvalue weighted by atomic mass is 10.1. The molecule has 0 aliphatic rings. The molecule has 4 aromatic rings. The van der Waals surface area contributed by atoms with Crippen molar-refractivity contribution >= 4 is 111 Å². The smallest absolute Gasteiger partial charge is 0.296 e. The summed E-state index contributed by atoms with van der Waals surface area (Å²) < 4.78 is 202. The predicted molar refractivity (Wildman–Crippen MR) is 179 cm³/mol. The maximum absolute atomic E-state index is 12.4. The summed E-state index contributed by atoms with van der Waals surface area (Å²) in [5.41, 5.74) is 8.91. The highest BCUT2D eigenvalue weighted by Crippen LogP contribution is 2.49. The van der Waals surface area contributed by atoms with E-state index in [1.54, 1.807) is 0 Å². The van der Waals surface area contributed by atoms with Crippen molar-refractivity contribution in [3.63, 3.8) is 0 Å². The summed E-state index contributed by atoms with van der Waals surface area (Å²) in [6.07, 6.45) is 0. The number of nitrogens with two attached hydrogens (primary N) is 3. The number of anilines is 3. The van der Waals surface area contributed by atoms with Crippen LogP contribution in [0.3, 0.4) is 0 Å². The van der Waals surface area contributed by atoms with Crippen molar-refractivity contribution < 1.29 is 82.9 Å². The average molecular weight is 878 g/mol. The van der Waals surface area contributed by atoms with Crippen LogP contribution in [-0.2, 0) is 60.7 Å². The summed E-state index contributed by atoms with van der Waals surface area (Å²) in [4.78, 5) is -7.83. The van der Waals surface area contributed by atoms with E-state index in [0.717, 1.165) is 0 Å². The molecule has 26 nitrogen and oxygen atoms in total. The normalized spacial score (nSPS) is 13.7. The standard InChI is InChI=1S/C22H19N7O19S6/c23-8-3-14(51(37,38)39)10(5-12(8)49(31,32)33)26-28-20-16(53(43,44)45)1-7-2-17(54(46,47)48)21(22(30)18(7)19(20)25)29-27-11-6-13(50(34,35)36)9(24)4-15(11)52(40,41)42/h1-6,30H,23-25H2,(H,31,32,33)(H,34,35,36)(H,37,38,39)(H,40,41,42)(H,43,44,45)(H,46,47,48). The van der Waals surface area contributed by atoms with Gasteiger partial charge < -0.3 is 22.3 Å². The van der Waals surface area contributed by atoms with Crippen molar-refractivity contribution in [1.29, 1.82) is 0 Å². The lowest BCUT2D eigenvalue weighted by Crippen LogP contribution is -2.06. The van der Waals surface area contributed by atoms with E-state index in [4.69, 9.17) is 17.2 Å². The summed E-state index contributed by atoms with van der Waals surface area (Å²) in [6.45, 7) is 0. The fraction of sp³-hybridized carbons (Fsp3) is 0. The number of aromatic hydroxyl groups is 1. The third kappa shape index (κ3) is 8.37. The second-order valence-corrected chi connectivity index (χ2v) is 18.6. The van der Waals surface area contributed by atoms with Crippen LogP contribution in [-0.4, -0.2) is 82.9 Å². The molecule has 0 heterocycles. The molecule has 0 fully saturated rings. The Morgan fingerprint density at radius 2 is 0.722 bits per heavy atom. The summed E-state index contributed by atoms with van der Waals surface area (Å²) in [7, 11) is -32.3. The van der Waals surface area contributed by atoms with E-state index >= 15 is 0 Å². The monoisotopic (exact) mass is 877 g/mol. The molecule has 0 spiro atoms. The van der Waals surface area contributed by atoms with Crippen LogP contribution in [0.4, 0.5) is 39.8 Å². The van der Waals surface area contributed by atoms with Crippen molar-refractivity contribution in [3.8, 4) is 5.75 Å². The molecule has 0 saturated heterocycles. The Morgan fingerprint density at radius 3 is 1.06 bits per heavy atom. The van der Waals surface area contributed by atoms with Crippen molar-refractivity contribution in [2.45, 2.75) is 29.4 Å². The SMILES string of the molecule is Nc1cc(S(=O)(=O)O)c(N=Nc2c(S(=O)(=O)O)cc3cc(S(=O)(=O)O)c(N=Nc4cc(S(=O)(=O)O)c(N)cc4S(=O)(=O)O)c(O)c3c2N)cc1S(=O)(=O)O. The Morgan fingerprint density at radius 1 is 0.407 bits per heavy atom. The Kier molecular flexibility index (Phi) is 10.3. The molecule has 0 aromatic heterocycles. The van der Waals surface area contributed by atoms with Crippen LogP contribution < -0.4 is 17.2 Å². The number of fused-ring (bicyclic) bond motifs is 1. The first-order valence-electron chi connectivity index (χ1n) is 12.9. The van der Waals surface area contributed by atoms with Gasteiger partial charge in [0.2, 0.25) is 0 Å². The Hall–Kier alpha value is -5.00. The zero-order valence-corrected chi connectivity index (χ0v) is 30.4. The molecular formula is C22H19N7O19S6. The number of azo groups is 2. The van der Waals surface area contributed by atoms with E-state index in [-0.39, 0.29) is 18.2 Å². The molecule has 0 unspecified atom stereocenters. The van der Waals surface area contributed by atoms with Crippen LogP contribution >= 0.6 is 0 Å². The topological polar surface area (TPSA) is 474 Å². The lowest BCUT2D eigenvalue weighted by molar-refractivity contribution is 0.472. The quantitative estimate of drug-likeness (QED) is 0.0614. The van der Waals surface area contributed by atoms with Crippen molar-refractivity contribution in [1.82, 2.24) is 0 Å². The number of nitrogen functional groups attached to an aromatic ring is 3. The minimum atomic E-state index is -5.58. The van der Waals surface area contributed by atoms with E-state index in [2.05, 4.69) is 20.5 Å². The van der Waals surface area contributed by atoms with Gasteiger partial charge in [-0.2, -0.15) is 50.5 Å². The molecule has 0 bridgehead atoms. The van der Waals surface area contributed by atoms with Crippen LogP contribution in [0.1, 0.15) is 0 Å². The van der Waals surface area contributed by atoms with Gasteiger partial charge in [0.05, 0.1) is 22.4 Å². The second-order valence-electron chi connectivity index (χ2n) is 10.3. The fourth-order valence-electron chi connectivity index (χ4n) is 4.46. The highest BCUT2D eigenvalue weighted by molar-refractivity contribution is 7.87. The van der Waals surface area contributed by atoms with E-state index in [1.165, 1.54) is 0 Å². The predicted octanol–water partition coefficient (Wildman–Crippen LogP) is 1.60.